The molecule has 0 saturated carbocycles. The zero-order valence-electron chi connectivity index (χ0n) is 11.7. The van der Waals surface area contributed by atoms with Crippen LogP contribution in [0.2, 0.25) is 0 Å². The molecule has 0 spiro atoms. The second kappa shape index (κ2) is 5.61. The fraction of sp³-hybridized carbons (Fsp3) is 0.231. The third kappa shape index (κ3) is 2.69. The molecule has 0 amide bonds. The molecule has 0 unspecified atom stereocenters. The van der Waals surface area contributed by atoms with E-state index in [4.69, 9.17) is 4.74 Å². The largest absolute Gasteiger partial charge is 0.481 e. The molecule has 3 aromatic rings. The maximum atomic E-state index is 5.11. The monoisotopic (exact) mass is 285 g/mol. The van der Waals surface area contributed by atoms with Crippen LogP contribution in [-0.4, -0.2) is 39.1 Å². The highest BCUT2D eigenvalue weighted by molar-refractivity contribution is 5.83. The predicted molar refractivity (Wildman–Crippen MR) is 79.3 cm³/mol. The Balaban J connectivity index is 1.85. The van der Waals surface area contributed by atoms with E-state index in [2.05, 4.69) is 35.6 Å². The van der Waals surface area contributed by atoms with Crippen LogP contribution in [0.4, 0.5) is 11.8 Å². The van der Waals surface area contributed by atoms with Gasteiger partial charge in [0.15, 0.2) is 11.5 Å². The summed E-state index contributed by atoms with van der Waals surface area (Å²) in [5.74, 6) is 1.79. The summed E-state index contributed by atoms with van der Waals surface area (Å²) in [4.78, 5) is 19.9. The van der Waals surface area contributed by atoms with Crippen LogP contribution in [0, 0.1) is 0 Å². The van der Waals surface area contributed by atoms with Crippen LogP contribution >= 0.6 is 0 Å². The van der Waals surface area contributed by atoms with Crippen molar-refractivity contribution < 1.29 is 4.74 Å². The molecule has 8 heteroatoms. The number of anilines is 2. The van der Waals surface area contributed by atoms with Gasteiger partial charge >= 0.3 is 0 Å². The molecule has 0 radical (unpaired) electrons. The Morgan fingerprint density at radius 3 is 3.00 bits per heavy atom. The van der Waals surface area contributed by atoms with E-state index in [0.717, 1.165) is 11.1 Å². The van der Waals surface area contributed by atoms with E-state index < -0.39 is 0 Å². The van der Waals surface area contributed by atoms with E-state index >= 15 is 0 Å². The van der Waals surface area contributed by atoms with E-state index in [-0.39, 0.29) is 0 Å². The van der Waals surface area contributed by atoms with Crippen LogP contribution in [0.3, 0.4) is 0 Å². The molecule has 108 valence electrons. The van der Waals surface area contributed by atoms with Crippen LogP contribution in [0.1, 0.15) is 5.56 Å². The van der Waals surface area contributed by atoms with Gasteiger partial charge in [-0.3, -0.25) is 0 Å². The summed E-state index contributed by atoms with van der Waals surface area (Å²) in [5, 5.41) is 6.19. The Kier molecular flexibility index (Phi) is 3.50. The summed E-state index contributed by atoms with van der Waals surface area (Å²) in [6.07, 6.45) is 3.31. The van der Waals surface area contributed by atoms with Gasteiger partial charge in [-0.05, 0) is 11.6 Å². The van der Waals surface area contributed by atoms with Crippen molar-refractivity contribution in [3.05, 3.63) is 30.2 Å². The first-order valence-electron chi connectivity index (χ1n) is 6.42. The number of aromatic amines is 1. The number of fused-ring (bicyclic) bond motifs is 1. The molecule has 0 bridgehead atoms. The van der Waals surface area contributed by atoms with Gasteiger partial charge in [-0.25, -0.2) is 9.97 Å². The molecule has 0 aromatic carbocycles. The molecular formula is C13H15N7O. The van der Waals surface area contributed by atoms with Crippen molar-refractivity contribution in [2.24, 2.45) is 0 Å². The van der Waals surface area contributed by atoms with Gasteiger partial charge in [-0.15, -0.1) is 0 Å². The number of ether oxygens (including phenoxy) is 1. The fourth-order valence-corrected chi connectivity index (χ4v) is 1.93. The molecule has 3 rings (SSSR count). The van der Waals surface area contributed by atoms with Gasteiger partial charge in [-0.1, -0.05) is 0 Å². The lowest BCUT2D eigenvalue weighted by atomic mass is 10.2. The van der Waals surface area contributed by atoms with Crippen molar-refractivity contribution >= 4 is 22.9 Å². The standard InChI is InChI=1S/C13H15N7O/c1-14-13-19-11(10-12(20-13)18-7-17-10)16-6-8-3-4-15-9(5-8)21-2/h3-5,7H,6H2,1-2H3,(H3,14,16,17,18,19,20). The maximum absolute atomic E-state index is 5.11. The minimum Gasteiger partial charge on any atom is -0.481 e. The lowest BCUT2D eigenvalue weighted by Gasteiger charge is -2.08. The Hall–Kier alpha value is -2.90. The number of imidazole rings is 1. The summed E-state index contributed by atoms with van der Waals surface area (Å²) < 4.78 is 5.11. The highest BCUT2D eigenvalue weighted by atomic mass is 16.5. The van der Waals surface area contributed by atoms with Crippen molar-refractivity contribution in [2.75, 3.05) is 24.8 Å². The Morgan fingerprint density at radius 1 is 1.29 bits per heavy atom. The van der Waals surface area contributed by atoms with Crippen LogP contribution in [-0.2, 0) is 6.54 Å². The highest BCUT2D eigenvalue weighted by Crippen LogP contribution is 2.19. The molecule has 0 aliphatic carbocycles. The van der Waals surface area contributed by atoms with Crippen LogP contribution in [0.5, 0.6) is 5.88 Å². The molecule has 3 N–H and O–H groups in total. The fourth-order valence-electron chi connectivity index (χ4n) is 1.93. The molecule has 0 aliphatic rings. The first-order valence-corrected chi connectivity index (χ1v) is 6.42. The number of aromatic nitrogens is 5. The van der Waals surface area contributed by atoms with Crippen molar-refractivity contribution in [3.8, 4) is 5.88 Å². The quantitative estimate of drug-likeness (QED) is 0.651. The molecule has 0 fully saturated rings. The molecule has 21 heavy (non-hydrogen) atoms. The first kappa shape index (κ1) is 13.1. The lowest BCUT2D eigenvalue weighted by molar-refractivity contribution is 0.397. The molecule has 8 nitrogen and oxygen atoms in total. The Bertz CT molecular complexity index is 755. The SMILES string of the molecule is CNc1nc(NCc2ccnc(OC)c2)c2[nH]cnc2n1. The third-order valence-electron chi connectivity index (χ3n) is 2.98. The molecule has 3 aromatic heterocycles. The summed E-state index contributed by atoms with van der Waals surface area (Å²) in [6, 6.07) is 3.79. The van der Waals surface area contributed by atoms with Gasteiger partial charge in [0.05, 0.1) is 13.4 Å². The van der Waals surface area contributed by atoms with Crippen molar-refractivity contribution in [1.29, 1.82) is 0 Å². The Morgan fingerprint density at radius 2 is 2.19 bits per heavy atom. The number of nitrogens with one attached hydrogen (secondary N) is 3. The van der Waals surface area contributed by atoms with E-state index in [1.54, 1.807) is 26.7 Å². The van der Waals surface area contributed by atoms with Crippen LogP contribution in [0.25, 0.3) is 11.2 Å². The first-order chi connectivity index (χ1) is 10.3. The molecule has 0 aliphatic heterocycles. The van der Waals surface area contributed by atoms with E-state index in [9.17, 15) is 0 Å². The molecule has 0 atom stereocenters. The van der Waals surface area contributed by atoms with Gasteiger partial charge < -0.3 is 20.4 Å². The molecule has 0 saturated heterocycles. The smallest absolute Gasteiger partial charge is 0.226 e. The van der Waals surface area contributed by atoms with Crippen molar-refractivity contribution in [1.82, 2.24) is 24.9 Å². The average Bonchev–Trinajstić information content (AvgIpc) is 3.01. The normalized spacial score (nSPS) is 10.6. The van der Waals surface area contributed by atoms with Gasteiger partial charge in [0.2, 0.25) is 11.8 Å². The second-order valence-corrected chi connectivity index (χ2v) is 4.31. The number of hydrogen-bond donors (Lipinski definition) is 3. The highest BCUT2D eigenvalue weighted by Gasteiger charge is 2.09. The summed E-state index contributed by atoms with van der Waals surface area (Å²) in [6.45, 7) is 0.590. The van der Waals surface area contributed by atoms with E-state index in [1.165, 1.54) is 0 Å². The topological polar surface area (TPSA) is 101 Å². The van der Waals surface area contributed by atoms with Gasteiger partial charge in [-0.2, -0.15) is 9.97 Å². The summed E-state index contributed by atoms with van der Waals surface area (Å²) in [5.41, 5.74) is 2.43. The number of pyridine rings is 1. The zero-order chi connectivity index (χ0) is 14.7. The zero-order valence-corrected chi connectivity index (χ0v) is 11.7. The Labute approximate surface area is 121 Å². The second-order valence-electron chi connectivity index (χ2n) is 4.31. The van der Waals surface area contributed by atoms with Crippen molar-refractivity contribution in [2.45, 2.75) is 6.54 Å². The average molecular weight is 285 g/mol. The predicted octanol–water partition coefficient (Wildman–Crippen LogP) is 1.41. The number of rotatable bonds is 5. The number of hydrogen-bond acceptors (Lipinski definition) is 7. The number of nitrogens with zero attached hydrogens (tertiary/aromatic N) is 4. The lowest BCUT2D eigenvalue weighted by Crippen LogP contribution is -2.06. The van der Waals surface area contributed by atoms with Crippen molar-refractivity contribution in [3.63, 3.8) is 0 Å². The van der Waals surface area contributed by atoms with E-state index in [1.807, 2.05) is 12.1 Å². The molecule has 3 heterocycles. The van der Waals surface area contributed by atoms with Crippen LogP contribution < -0.4 is 15.4 Å². The summed E-state index contributed by atoms with van der Waals surface area (Å²) >= 11 is 0. The maximum Gasteiger partial charge on any atom is 0.226 e. The van der Waals surface area contributed by atoms with E-state index in [0.29, 0.717) is 29.8 Å². The molecular weight excluding hydrogens is 270 g/mol. The van der Waals surface area contributed by atoms with Gasteiger partial charge in [0.1, 0.15) is 5.52 Å². The van der Waals surface area contributed by atoms with Gasteiger partial charge in [0, 0.05) is 25.9 Å². The van der Waals surface area contributed by atoms with Crippen LogP contribution in [0.15, 0.2) is 24.7 Å². The van der Waals surface area contributed by atoms with Gasteiger partial charge in [0.25, 0.3) is 0 Å². The minimum atomic E-state index is 0.518. The third-order valence-corrected chi connectivity index (χ3v) is 2.98. The summed E-state index contributed by atoms with van der Waals surface area (Å²) in [7, 11) is 3.36. The number of methoxy groups -OCH3 is 1. The minimum absolute atomic E-state index is 0.518. The number of H-pyrrole nitrogens is 1.